The molecular formula is C18H28ClN5. The monoisotopic (exact) mass is 349 g/mol. The van der Waals surface area contributed by atoms with Gasteiger partial charge in [0, 0.05) is 37.9 Å². The Balaban J connectivity index is 1.53. The van der Waals surface area contributed by atoms with Crippen molar-refractivity contribution in [3.05, 3.63) is 23.4 Å². The standard InChI is InChI=1S/C18H28ClN5/c1-3-6-13-11-16(13)23-18(20-4-2)22-14-8-10-24(12-14)17-15(19)7-5-9-21-17/h5,7,9,13-14,16H,3-4,6,8,10-12H2,1-2H3,(H2,20,22,23). The summed E-state index contributed by atoms with van der Waals surface area (Å²) in [4.78, 5) is 11.3. The molecule has 6 heteroatoms. The molecule has 3 rings (SSSR count). The van der Waals surface area contributed by atoms with E-state index in [0.29, 0.717) is 12.1 Å². The predicted octanol–water partition coefficient (Wildman–Crippen LogP) is 3.06. The summed E-state index contributed by atoms with van der Waals surface area (Å²) in [7, 11) is 0. The Morgan fingerprint density at radius 1 is 1.42 bits per heavy atom. The Labute approximate surface area is 149 Å². The molecule has 2 N–H and O–H groups in total. The molecule has 0 radical (unpaired) electrons. The van der Waals surface area contributed by atoms with Crippen LogP contribution in [-0.2, 0) is 0 Å². The SMILES string of the molecule is CCCC1CC1NC(=NCC)NC1CCN(c2ncccc2Cl)C1. The molecule has 2 aliphatic rings. The van der Waals surface area contributed by atoms with Crippen molar-refractivity contribution in [2.75, 3.05) is 24.5 Å². The van der Waals surface area contributed by atoms with Gasteiger partial charge in [0.2, 0.25) is 0 Å². The van der Waals surface area contributed by atoms with Gasteiger partial charge in [-0.3, -0.25) is 4.99 Å². The molecule has 1 saturated heterocycles. The number of guanidine groups is 1. The van der Waals surface area contributed by atoms with Crippen molar-refractivity contribution in [2.24, 2.45) is 10.9 Å². The molecule has 1 saturated carbocycles. The topological polar surface area (TPSA) is 52.6 Å². The Kier molecular flexibility index (Phi) is 5.82. The molecule has 1 aromatic rings. The van der Waals surface area contributed by atoms with E-state index < -0.39 is 0 Å². The maximum atomic E-state index is 6.27. The Morgan fingerprint density at radius 3 is 3.04 bits per heavy atom. The Morgan fingerprint density at radius 2 is 2.29 bits per heavy atom. The second kappa shape index (κ2) is 8.06. The van der Waals surface area contributed by atoms with E-state index in [9.17, 15) is 0 Å². The van der Waals surface area contributed by atoms with E-state index in [1.54, 1.807) is 6.20 Å². The summed E-state index contributed by atoms with van der Waals surface area (Å²) < 4.78 is 0. The van der Waals surface area contributed by atoms with Gasteiger partial charge in [0.05, 0.1) is 5.02 Å². The molecule has 0 aromatic carbocycles. The van der Waals surface area contributed by atoms with E-state index in [1.165, 1.54) is 19.3 Å². The molecular weight excluding hydrogens is 322 g/mol. The number of pyridine rings is 1. The summed E-state index contributed by atoms with van der Waals surface area (Å²) in [5, 5.41) is 7.92. The minimum atomic E-state index is 0.379. The second-order valence-corrected chi connectivity index (χ2v) is 7.15. The molecule has 132 valence electrons. The maximum Gasteiger partial charge on any atom is 0.191 e. The van der Waals surface area contributed by atoms with Crippen LogP contribution in [0.25, 0.3) is 0 Å². The minimum absolute atomic E-state index is 0.379. The van der Waals surface area contributed by atoms with Gasteiger partial charge in [-0.2, -0.15) is 0 Å². The summed E-state index contributed by atoms with van der Waals surface area (Å²) in [6, 6.07) is 4.75. The molecule has 24 heavy (non-hydrogen) atoms. The van der Waals surface area contributed by atoms with Crippen LogP contribution in [0.3, 0.4) is 0 Å². The van der Waals surface area contributed by atoms with Gasteiger partial charge >= 0.3 is 0 Å². The fourth-order valence-electron chi connectivity index (χ4n) is 3.45. The van der Waals surface area contributed by atoms with E-state index in [4.69, 9.17) is 11.6 Å². The Bertz CT molecular complexity index is 576. The van der Waals surface area contributed by atoms with Crippen molar-refractivity contribution >= 4 is 23.4 Å². The zero-order valence-electron chi connectivity index (χ0n) is 14.6. The number of rotatable bonds is 6. The van der Waals surface area contributed by atoms with Gasteiger partial charge in [0.25, 0.3) is 0 Å². The first-order valence-corrected chi connectivity index (χ1v) is 9.52. The van der Waals surface area contributed by atoms with Crippen LogP contribution >= 0.6 is 11.6 Å². The molecule has 2 heterocycles. The summed E-state index contributed by atoms with van der Waals surface area (Å²) in [6.45, 7) is 7.00. The number of anilines is 1. The third-order valence-corrected chi connectivity index (χ3v) is 5.08. The normalized spacial score (nSPS) is 26.5. The highest BCUT2D eigenvalue weighted by Crippen LogP contribution is 2.34. The molecule has 1 aliphatic heterocycles. The lowest BCUT2D eigenvalue weighted by Crippen LogP contribution is -2.46. The number of hydrogen-bond acceptors (Lipinski definition) is 3. The van der Waals surface area contributed by atoms with Crippen molar-refractivity contribution in [1.82, 2.24) is 15.6 Å². The van der Waals surface area contributed by atoms with Crippen molar-refractivity contribution in [3.63, 3.8) is 0 Å². The lowest BCUT2D eigenvalue weighted by Gasteiger charge is -2.20. The molecule has 1 aromatic heterocycles. The summed E-state index contributed by atoms with van der Waals surface area (Å²) in [5.41, 5.74) is 0. The van der Waals surface area contributed by atoms with Crippen LogP contribution in [0.15, 0.2) is 23.3 Å². The average Bonchev–Trinajstić information content (AvgIpc) is 3.12. The number of nitrogens with zero attached hydrogens (tertiary/aromatic N) is 3. The van der Waals surface area contributed by atoms with Crippen LogP contribution in [0.5, 0.6) is 0 Å². The van der Waals surface area contributed by atoms with Crippen molar-refractivity contribution in [3.8, 4) is 0 Å². The van der Waals surface area contributed by atoms with Crippen LogP contribution < -0.4 is 15.5 Å². The van der Waals surface area contributed by atoms with E-state index in [0.717, 1.165) is 48.8 Å². The molecule has 2 fully saturated rings. The summed E-state index contributed by atoms with van der Waals surface area (Å²) >= 11 is 6.27. The first kappa shape index (κ1) is 17.3. The highest BCUT2D eigenvalue weighted by atomic mass is 35.5. The largest absolute Gasteiger partial charge is 0.353 e. The van der Waals surface area contributed by atoms with Crippen LogP contribution in [0.1, 0.15) is 39.5 Å². The van der Waals surface area contributed by atoms with Gasteiger partial charge < -0.3 is 15.5 Å². The van der Waals surface area contributed by atoms with Gasteiger partial charge in [0.15, 0.2) is 5.96 Å². The van der Waals surface area contributed by atoms with E-state index in [2.05, 4.69) is 39.4 Å². The van der Waals surface area contributed by atoms with Crippen molar-refractivity contribution in [2.45, 2.75) is 51.6 Å². The lowest BCUT2D eigenvalue weighted by atomic mass is 10.2. The zero-order valence-corrected chi connectivity index (χ0v) is 15.4. The lowest BCUT2D eigenvalue weighted by molar-refractivity contribution is 0.623. The second-order valence-electron chi connectivity index (χ2n) is 6.74. The quantitative estimate of drug-likeness (QED) is 0.612. The van der Waals surface area contributed by atoms with Crippen LogP contribution in [0.2, 0.25) is 5.02 Å². The van der Waals surface area contributed by atoms with Crippen molar-refractivity contribution < 1.29 is 0 Å². The van der Waals surface area contributed by atoms with Gasteiger partial charge in [-0.05, 0) is 44.2 Å². The molecule has 3 atom stereocenters. The maximum absolute atomic E-state index is 6.27. The highest BCUT2D eigenvalue weighted by Gasteiger charge is 2.37. The predicted molar refractivity (Wildman–Crippen MR) is 101 cm³/mol. The first-order chi connectivity index (χ1) is 11.7. The third-order valence-electron chi connectivity index (χ3n) is 4.79. The minimum Gasteiger partial charge on any atom is -0.353 e. The smallest absolute Gasteiger partial charge is 0.191 e. The molecule has 3 unspecified atom stereocenters. The molecule has 0 amide bonds. The number of nitrogens with one attached hydrogen (secondary N) is 2. The van der Waals surface area contributed by atoms with Gasteiger partial charge in [0.1, 0.15) is 5.82 Å². The van der Waals surface area contributed by atoms with E-state index >= 15 is 0 Å². The van der Waals surface area contributed by atoms with Crippen molar-refractivity contribution in [1.29, 1.82) is 0 Å². The fourth-order valence-corrected chi connectivity index (χ4v) is 3.70. The van der Waals surface area contributed by atoms with E-state index in [1.807, 2.05) is 12.1 Å². The van der Waals surface area contributed by atoms with Crippen LogP contribution in [0.4, 0.5) is 5.82 Å². The number of halogens is 1. The summed E-state index contributed by atoms with van der Waals surface area (Å²) in [5.74, 6) is 2.67. The Hall–Kier alpha value is -1.49. The van der Waals surface area contributed by atoms with Crippen LogP contribution in [-0.4, -0.2) is 42.7 Å². The number of aromatic nitrogens is 1. The first-order valence-electron chi connectivity index (χ1n) is 9.14. The third kappa shape index (κ3) is 4.32. The highest BCUT2D eigenvalue weighted by molar-refractivity contribution is 6.32. The average molecular weight is 350 g/mol. The molecule has 0 bridgehead atoms. The fraction of sp³-hybridized carbons (Fsp3) is 0.667. The van der Waals surface area contributed by atoms with Crippen LogP contribution in [0, 0.1) is 5.92 Å². The van der Waals surface area contributed by atoms with Gasteiger partial charge in [-0.1, -0.05) is 24.9 Å². The van der Waals surface area contributed by atoms with Gasteiger partial charge in [-0.25, -0.2) is 4.98 Å². The van der Waals surface area contributed by atoms with E-state index in [-0.39, 0.29) is 0 Å². The number of hydrogen-bond donors (Lipinski definition) is 2. The molecule has 1 aliphatic carbocycles. The number of aliphatic imine (C=N–C) groups is 1. The molecule has 5 nitrogen and oxygen atoms in total. The summed E-state index contributed by atoms with van der Waals surface area (Å²) in [6.07, 6.45) is 6.72. The zero-order chi connectivity index (χ0) is 16.9. The molecule has 0 spiro atoms. The van der Waals surface area contributed by atoms with Gasteiger partial charge in [-0.15, -0.1) is 0 Å².